The van der Waals surface area contributed by atoms with Crippen LogP contribution in [-0.4, -0.2) is 106 Å². The van der Waals surface area contributed by atoms with Crippen LogP contribution in [0.3, 0.4) is 0 Å². The van der Waals surface area contributed by atoms with Crippen molar-refractivity contribution in [1.29, 1.82) is 0 Å². The first-order chi connectivity index (χ1) is 22.1. The van der Waals surface area contributed by atoms with E-state index in [1.54, 1.807) is 26.8 Å². The normalized spacial score (nSPS) is 30.3. The molecule has 2 fully saturated rings. The number of hydrogen-bond donors (Lipinski definition) is 3. The van der Waals surface area contributed by atoms with Crippen molar-refractivity contribution in [3.8, 4) is 5.75 Å². The largest absolute Gasteiger partial charge is 0.481 e. The third-order valence-electron chi connectivity index (χ3n) is 10.4. The maximum atomic E-state index is 13.3. The van der Waals surface area contributed by atoms with Gasteiger partial charge in [0.25, 0.3) is 0 Å². The Hall–Kier alpha value is -3.68. The molecule has 13 heteroatoms. The van der Waals surface area contributed by atoms with E-state index < -0.39 is 64.8 Å². The summed E-state index contributed by atoms with van der Waals surface area (Å²) in [5.74, 6) is -1.45. The zero-order valence-electron chi connectivity index (χ0n) is 27.8. The first-order valence-electron chi connectivity index (χ1n) is 16.4. The Balaban J connectivity index is 1.12. The van der Waals surface area contributed by atoms with Crippen molar-refractivity contribution in [1.82, 2.24) is 15.1 Å². The van der Waals surface area contributed by atoms with Gasteiger partial charge in [-0.15, -0.1) is 0 Å². The summed E-state index contributed by atoms with van der Waals surface area (Å²) >= 11 is 0. The van der Waals surface area contributed by atoms with Crippen LogP contribution in [0.2, 0.25) is 0 Å². The maximum Gasteiger partial charge on any atom is 0.410 e. The molecule has 3 N–H and O–H groups in total. The van der Waals surface area contributed by atoms with Gasteiger partial charge in [0.05, 0.1) is 17.6 Å². The number of nitrogens with zero attached hydrogens (tertiary/aromatic N) is 2. The summed E-state index contributed by atoms with van der Waals surface area (Å²) in [5.41, 5.74) is -0.269. The summed E-state index contributed by atoms with van der Waals surface area (Å²) in [4.78, 5) is 55.5. The molecule has 2 saturated heterocycles. The number of amides is 2. The molecule has 13 nitrogen and oxygen atoms in total. The minimum absolute atomic E-state index is 0.175. The third kappa shape index (κ3) is 5.36. The van der Waals surface area contributed by atoms with Gasteiger partial charge < -0.3 is 39.4 Å². The first-order valence-corrected chi connectivity index (χ1v) is 16.4. The molecule has 0 aromatic heterocycles. The van der Waals surface area contributed by atoms with E-state index in [1.165, 1.54) is 18.7 Å². The van der Waals surface area contributed by atoms with E-state index >= 15 is 0 Å². The highest BCUT2D eigenvalue weighted by Crippen LogP contribution is 2.64. The average molecular weight is 656 g/mol. The van der Waals surface area contributed by atoms with Crippen LogP contribution in [0.15, 0.2) is 24.0 Å². The Morgan fingerprint density at radius 2 is 1.89 bits per heavy atom. The third-order valence-corrected chi connectivity index (χ3v) is 10.4. The lowest BCUT2D eigenvalue weighted by molar-refractivity contribution is -0.176. The van der Waals surface area contributed by atoms with Crippen molar-refractivity contribution in [2.75, 3.05) is 20.1 Å². The number of likely N-dealkylation sites (N-methyl/N-ethyl adjacent to an activating group) is 1. The fourth-order valence-electron chi connectivity index (χ4n) is 8.10. The number of aliphatic hydroxyl groups is 2. The van der Waals surface area contributed by atoms with E-state index in [0.717, 1.165) is 11.1 Å². The smallest absolute Gasteiger partial charge is 0.410 e. The molecule has 0 unspecified atom stereocenters. The molecular weight excluding hydrogens is 610 g/mol. The Kier molecular flexibility index (Phi) is 8.33. The minimum atomic E-state index is -1.32. The van der Waals surface area contributed by atoms with Crippen LogP contribution in [0, 0.1) is 0 Å². The fraction of sp³-hybridized carbons (Fsp3) is 0.647. The molecule has 6 rings (SSSR count). The molecule has 0 saturated carbocycles. The summed E-state index contributed by atoms with van der Waals surface area (Å²) in [6, 6.07) is 1.74. The highest BCUT2D eigenvalue weighted by molar-refractivity contribution is 5.90. The Morgan fingerprint density at radius 3 is 2.60 bits per heavy atom. The van der Waals surface area contributed by atoms with Crippen LogP contribution in [0.4, 0.5) is 4.79 Å². The number of aliphatic hydroxyl groups excluding tert-OH is 1. The standard InChI is InChI=1S/C34H45N3O10/c1-18(35-28(39)22-8-7-14-37(22)31(42)47-32(3,4)5)29(40)44-19(2)30(41)45-23-11-12-34(43)24-16-20-9-10-21(17-38)26-25(20)33(34,27(23)46-26)13-15-36(24)6/h9-11,18-19,22,24,27,38,43H,7-8,12-17H2,1-6H3,(H,35,39)/t18-,19-,22-,24+,27-,33-,34+/m0/s1. The van der Waals surface area contributed by atoms with Gasteiger partial charge in [0.1, 0.15) is 29.2 Å². The van der Waals surface area contributed by atoms with E-state index in [2.05, 4.69) is 10.2 Å². The van der Waals surface area contributed by atoms with E-state index in [9.17, 15) is 29.4 Å². The van der Waals surface area contributed by atoms with Crippen LogP contribution in [-0.2, 0) is 47.0 Å². The minimum Gasteiger partial charge on any atom is -0.481 e. The Bertz CT molecular complexity index is 1520. The van der Waals surface area contributed by atoms with Crippen molar-refractivity contribution in [2.24, 2.45) is 0 Å². The molecule has 256 valence electrons. The molecule has 2 aliphatic carbocycles. The van der Waals surface area contributed by atoms with Crippen LogP contribution in [0.5, 0.6) is 5.75 Å². The monoisotopic (exact) mass is 655 g/mol. The Labute approximate surface area is 274 Å². The zero-order valence-corrected chi connectivity index (χ0v) is 27.8. The summed E-state index contributed by atoms with van der Waals surface area (Å²) in [6.45, 7) is 8.87. The second kappa shape index (κ2) is 11.8. The maximum absolute atomic E-state index is 13.3. The topological polar surface area (TPSA) is 164 Å². The lowest BCUT2D eigenvalue weighted by atomic mass is 9.50. The summed E-state index contributed by atoms with van der Waals surface area (Å²) < 4.78 is 23.2. The molecule has 47 heavy (non-hydrogen) atoms. The quantitative estimate of drug-likeness (QED) is 0.290. The molecule has 0 radical (unpaired) electrons. The zero-order chi connectivity index (χ0) is 34.1. The van der Waals surface area contributed by atoms with Crippen molar-refractivity contribution >= 4 is 23.9 Å². The van der Waals surface area contributed by atoms with Gasteiger partial charge in [0.2, 0.25) is 5.91 Å². The van der Waals surface area contributed by atoms with E-state index in [1.807, 2.05) is 19.2 Å². The highest BCUT2D eigenvalue weighted by atomic mass is 16.6. The van der Waals surface area contributed by atoms with Crippen LogP contribution < -0.4 is 10.1 Å². The van der Waals surface area contributed by atoms with Gasteiger partial charge in [-0.2, -0.15) is 0 Å². The second-order valence-corrected chi connectivity index (χ2v) is 14.5. The summed E-state index contributed by atoms with van der Waals surface area (Å²) in [6.07, 6.45) is 1.39. The van der Waals surface area contributed by atoms with Crippen molar-refractivity contribution in [3.63, 3.8) is 0 Å². The van der Waals surface area contributed by atoms with Gasteiger partial charge in [-0.25, -0.2) is 14.4 Å². The van der Waals surface area contributed by atoms with E-state index in [0.29, 0.717) is 50.1 Å². The van der Waals surface area contributed by atoms with Crippen LogP contribution in [0.25, 0.3) is 0 Å². The second-order valence-electron chi connectivity index (χ2n) is 14.5. The van der Waals surface area contributed by atoms with Gasteiger partial charge in [-0.05, 0) is 85.5 Å². The lowest BCUT2D eigenvalue weighted by Gasteiger charge is -2.61. The van der Waals surface area contributed by atoms with Crippen molar-refractivity contribution < 1.29 is 48.3 Å². The number of esters is 2. The summed E-state index contributed by atoms with van der Waals surface area (Å²) in [5, 5.41) is 25.0. The van der Waals surface area contributed by atoms with E-state index in [4.69, 9.17) is 18.9 Å². The molecule has 2 bridgehead atoms. The number of likely N-dealkylation sites (tertiary alicyclic amines) is 2. The molecule has 1 aromatic carbocycles. The SMILES string of the molecule is C[C@H](NC(=O)[C@@H]1CCCN1C(=O)OC(C)(C)C)C(=O)O[C@@H](C)C(=O)OC1=CC[C@@]2(O)[C@H]3Cc4ccc(CO)c5c4[C@@]2(CCN3C)[C@H]1O5. The molecule has 2 amide bonds. The molecular formula is C34H45N3O10. The number of ether oxygens (including phenoxy) is 4. The fourth-order valence-corrected chi connectivity index (χ4v) is 8.10. The molecule has 3 heterocycles. The van der Waals surface area contributed by atoms with E-state index in [-0.39, 0.29) is 24.8 Å². The lowest BCUT2D eigenvalue weighted by Crippen LogP contribution is -2.74. The number of nitrogens with one attached hydrogen (secondary N) is 1. The van der Waals surface area contributed by atoms with Gasteiger partial charge in [-0.3, -0.25) is 9.69 Å². The van der Waals surface area contributed by atoms with Gasteiger partial charge in [-0.1, -0.05) is 12.1 Å². The van der Waals surface area contributed by atoms with Gasteiger partial charge in [0.15, 0.2) is 12.2 Å². The predicted molar refractivity (Wildman–Crippen MR) is 166 cm³/mol. The molecule has 7 atom stereocenters. The number of hydrogen-bond acceptors (Lipinski definition) is 11. The molecule has 3 aliphatic heterocycles. The number of rotatable bonds is 7. The Morgan fingerprint density at radius 1 is 1.15 bits per heavy atom. The average Bonchev–Trinajstić information content (AvgIpc) is 3.63. The van der Waals surface area contributed by atoms with Crippen molar-refractivity contribution in [3.05, 3.63) is 40.7 Å². The van der Waals surface area contributed by atoms with Crippen LogP contribution >= 0.6 is 0 Å². The molecule has 5 aliphatic rings. The predicted octanol–water partition coefficient (Wildman–Crippen LogP) is 1.84. The number of carbonyl (C=O) groups is 4. The highest BCUT2D eigenvalue weighted by Gasteiger charge is 2.72. The number of piperidine rings is 1. The first kappa shape index (κ1) is 33.2. The van der Waals surface area contributed by atoms with Gasteiger partial charge in [0, 0.05) is 30.1 Å². The van der Waals surface area contributed by atoms with Gasteiger partial charge >= 0.3 is 18.0 Å². The molecule has 1 spiro atoms. The number of carbonyl (C=O) groups excluding carboxylic acids is 4. The number of benzene rings is 1. The van der Waals surface area contributed by atoms with Crippen LogP contribution in [0.1, 0.15) is 77.0 Å². The molecule has 1 aromatic rings. The summed E-state index contributed by atoms with van der Waals surface area (Å²) in [7, 11) is 2.00. The van der Waals surface area contributed by atoms with Crippen molar-refractivity contribution in [2.45, 2.75) is 120 Å².